The number of nitrogens with one attached hydrogen (secondary N) is 1. The molecule has 0 bridgehead atoms. The Balaban J connectivity index is 1.84. The quantitative estimate of drug-likeness (QED) is 0.400. The Hall–Kier alpha value is -1.83. The van der Waals surface area contributed by atoms with Crippen LogP contribution in [0.25, 0.3) is 0 Å². The van der Waals surface area contributed by atoms with Gasteiger partial charge in [0.2, 0.25) is 0 Å². The number of alkyl halides is 3. The number of hydrogen-bond donors (Lipinski definition) is 3. The topological polar surface area (TPSA) is 61.7 Å². The minimum absolute atomic E-state index is 0.0145. The van der Waals surface area contributed by atoms with E-state index in [1.54, 1.807) is 12.2 Å². The summed E-state index contributed by atoms with van der Waals surface area (Å²) in [5.74, 6) is 0.0671. The summed E-state index contributed by atoms with van der Waals surface area (Å²) >= 11 is 0. The second kappa shape index (κ2) is 11.4. The summed E-state index contributed by atoms with van der Waals surface area (Å²) < 4.78 is 43.5. The molecule has 1 aromatic carbocycles. The summed E-state index contributed by atoms with van der Waals surface area (Å²) in [6.07, 6.45) is 5.75. The fourth-order valence-electron chi connectivity index (χ4n) is 3.25. The number of ether oxygens (including phenoxy) is 1. The average molecular weight is 413 g/mol. The van der Waals surface area contributed by atoms with Gasteiger partial charge in [-0.05, 0) is 31.0 Å². The first kappa shape index (κ1) is 23.4. The van der Waals surface area contributed by atoms with Crippen molar-refractivity contribution >= 4 is 0 Å². The van der Waals surface area contributed by atoms with Crippen molar-refractivity contribution in [3.8, 4) is 5.75 Å². The zero-order valence-electron chi connectivity index (χ0n) is 16.6. The largest absolute Gasteiger partial charge is 0.491 e. The number of β-amino-alcohol motifs (C(OH)–C–C–N with tert-alkyl or cyclic N) is 1. The van der Waals surface area contributed by atoms with E-state index >= 15 is 0 Å². The lowest BCUT2D eigenvalue weighted by Crippen LogP contribution is -2.26. The van der Waals surface area contributed by atoms with Gasteiger partial charge >= 0.3 is 6.18 Å². The lowest BCUT2D eigenvalue weighted by molar-refractivity contribution is -0.137. The van der Waals surface area contributed by atoms with Gasteiger partial charge in [-0.25, -0.2) is 0 Å². The van der Waals surface area contributed by atoms with Gasteiger partial charge < -0.3 is 20.3 Å². The van der Waals surface area contributed by atoms with E-state index in [-0.39, 0.29) is 24.3 Å². The monoisotopic (exact) mass is 413 g/mol. The fraction of sp³-hybridized carbons (Fsp3) is 0.545. The second-order valence-corrected chi connectivity index (χ2v) is 7.30. The highest BCUT2D eigenvalue weighted by molar-refractivity contribution is 5.30. The molecule has 0 aromatic heterocycles. The average Bonchev–Trinajstić information content (AvgIpc) is 3.04. The zero-order valence-corrected chi connectivity index (χ0v) is 16.6. The van der Waals surface area contributed by atoms with Crippen LogP contribution in [0.15, 0.2) is 48.6 Å². The van der Waals surface area contributed by atoms with Crippen LogP contribution in [0.2, 0.25) is 0 Å². The number of benzene rings is 1. The Morgan fingerprint density at radius 2 is 2.10 bits per heavy atom. The minimum atomic E-state index is -4.44. The third-order valence-electron chi connectivity index (χ3n) is 4.94. The second-order valence-electron chi connectivity index (χ2n) is 7.30. The van der Waals surface area contributed by atoms with Crippen LogP contribution in [0.3, 0.4) is 0 Å². The highest BCUT2D eigenvalue weighted by Crippen LogP contribution is 2.31. The van der Waals surface area contributed by atoms with Crippen LogP contribution < -0.4 is 10.1 Å². The van der Waals surface area contributed by atoms with Gasteiger partial charge in [0.25, 0.3) is 0 Å². The molecular weight excluding hydrogens is 383 g/mol. The molecule has 0 amide bonds. The first-order valence-corrected chi connectivity index (χ1v) is 10.0. The SMILES string of the molecule is CCCC/C=C\C[C@H]1C(O)CN[C@@H]1/C=C/C(O)COc1cccc(C(F)(F)F)c1. The number of unbranched alkanes of at least 4 members (excludes halogenated alkanes) is 2. The summed E-state index contributed by atoms with van der Waals surface area (Å²) in [5.41, 5.74) is -0.793. The summed E-state index contributed by atoms with van der Waals surface area (Å²) in [5, 5.41) is 23.5. The third kappa shape index (κ3) is 7.84. The Morgan fingerprint density at radius 3 is 2.83 bits per heavy atom. The van der Waals surface area contributed by atoms with E-state index in [1.165, 1.54) is 12.1 Å². The third-order valence-corrected chi connectivity index (χ3v) is 4.94. The van der Waals surface area contributed by atoms with Crippen LogP contribution in [0.1, 0.15) is 38.2 Å². The van der Waals surface area contributed by atoms with Gasteiger partial charge in [0.15, 0.2) is 0 Å². The maximum Gasteiger partial charge on any atom is 0.416 e. The number of halogens is 3. The van der Waals surface area contributed by atoms with Crippen LogP contribution in [-0.2, 0) is 6.18 Å². The van der Waals surface area contributed by atoms with Gasteiger partial charge in [0, 0.05) is 18.5 Å². The van der Waals surface area contributed by atoms with Crippen LogP contribution in [0.4, 0.5) is 13.2 Å². The number of allylic oxidation sites excluding steroid dienone is 2. The molecule has 1 heterocycles. The summed E-state index contributed by atoms with van der Waals surface area (Å²) in [6, 6.07) is 4.48. The number of aliphatic hydroxyl groups excluding tert-OH is 2. The highest BCUT2D eigenvalue weighted by atomic mass is 19.4. The van der Waals surface area contributed by atoms with E-state index in [0.29, 0.717) is 6.54 Å². The smallest absolute Gasteiger partial charge is 0.416 e. The van der Waals surface area contributed by atoms with Crippen molar-refractivity contribution in [2.24, 2.45) is 5.92 Å². The predicted molar refractivity (Wildman–Crippen MR) is 107 cm³/mol. The summed E-state index contributed by atoms with van der Waals surface area (Å²) in [7, 11) is 0. The molecule has 0 aliphatic carbocycles. The molecule has 0 spiro atoms. The molecule has 1 saturated heterocycles. The molecule has 162 valence electrons. The maximum atomic E-state index is 12.7. The van der Waals surface area contributed by atoms with Crippen molar-refractivity contribution in [3.63, 3.8) is 0 Å². The first-order valence-electron chi connectivity index (χ1n) is 10.0. The van der Waals surface area contributed by atoms with Gasteiger partial charge in [-0.1, -0.05) is 50.1 Å². The normalized spacial score (nSPS) is 23.9. The molecule has 29 heavy (non-hydrogen) atoms. The van der Waals surface area contributed by atoms with Crippen molar-refractivity contribution in [2.75, 3.05) is 13.2 Å². The van der Waals surface area contributed by atoms with Crippen LogP contribution in [-0.4, -0.2) is 41.6 Å². The molecule has 0 radical (unpaired) electrons. The van der Waals surface area contributed by atoms with Gasteiger partial charge in [-0.2, -0.15) is 13.2 Å². The lowest BCUT2D eigenvalue weighted by atomic mass is 9.93. The van der Waals surface area contributed by atoms with Crippen LogP contribution in [0, 0.1) is 5.92 Å². The van der Waals surface area contributed by atoms with Gasteiger partial charge in [0.05, 0.1) is 11.7 Å². The van der Waals surface area contributed by atoms with Gasteiger partial charge in [-0.15, -0.1) is 0 Å². The van der Waals surface area contributed by atoms with E-state index in [4.69, 9.17) is 4.74 Å². The number of aliphatic hydroxyl groups is 2. The van der Waals surface area contributed by atoms with Crippen molar-refractivity contribution in [2.45, 2.75) is 57.0 Å². The predicted octanol–water partition coefficient (Wildman–Crippen LogP) is 4.09. The Bertz CT molecular complexity index is 676. The Kier molecular flexibility index (Phi) is 9.20. The Labute approximate surface area is 170 Å². The first-order chi connectivity index (χ1) is 13.8. The van der Waals surface area contributed by atoms with Crippen molar-refractivity contribution < 1.29 is 28.1 Å². The van der Waals surface area contributed by atoms with E-state index in [1.807, 2.05) is 0 Å². The highest BCUT2D eigenvalue weighted by Gasteiger charge is 2.32. The molecule has 1 aromatic rings. The van der Waals surface area contributed by atoms with E-state index in [9.17, 15) is 23.4 Å². The standard InChI is InChI=1S/C22H30F3NO3/c1-2-3-4-5-6-10-19-20(26-14-21(19)28)12-11-17(27)15-29-18-9-7-8-16(13-18)22(23,24)25/h5-9,11-13,17,19-21,26-28H,2-4,10,14-15H2,1H3/b6-5-,12-11+/t17?,19-,20-,21?/m1/s1. The zero-order chi connectivity index (χ0) is 21.3. The van der Waals surface area contributed by atoms with Crippen LogP contribution >= 0.6 is 0 Å². The Morgan fingerprint density at radius 1 is 1.31 bits per heavy atom. The summed E-state index contributed by atoms with van der Waals surface area (Å²) in [6.45, 7) is 2.47. The molecule has 4 nitrogen and oxygen atoms in total. The molecule has 0 saturated carbocycles. The molecular formula is C22H30F3NO3. The van der Waals surface area contributed by atoms with E-state index in [0.717, 1.165) is 37.8 Å². The summed E-state index contributed by atoms with van der Waals surface area (Å²) in [4.78, 5) is 0. The van der Waals surface area contributed by atoms with Gasteiger partial charge in [-0.3, -0.25) is 0 Å². The van der Waals surface area contributed by atoms with Crippen LogP contribution in [0.5, 0.6) is 5.75 Å². The molecule has 1 aliphatic heterocycles. The molecule has 1 aliphatic rings. The van der Waals surface area contributed by atoms with E-state index in [2.05, 4.69) is 24.4 Å². The molecule has 1 fully saturated rings. The lowest BCUT2D eigenvalue weighted by Gasteiger charge is -2.17. The van der Waals surface area contributed by atoms with Crippen molar-refractivity contribution in [3.05, 3.63) is 54.1 Å². The van der Waals surface area contributed by atoms with Gasteiger partial charge in [0.1, 0.15) is 18.5 Å². The molecule has 3 N–H and O–H groups in total. The maximum absolute atomic E-state index is 12.7. The van der Waals surface area contributed by atoms with Crippen molar-refractivity contribution in [1.29, 1.82) is 0 Å². The number of hydrogen-bond acceptors (Lipinski definition) is 4. The number of rotatable bonds is 10. The molecule has 4 atom stereocenters. The molecule has 2 unspecified atom stereocenters. The van der Waals surface area contributed by atoms with E-state index < -0.39 is 23.9 Å². The molecule has 2 rings (SSSR count). The van der Waals surface area contributed by atoms with Crippen molar-refractivity contribution in [1.82, 2.24) is 5.32 Å². The minimum Gasteiger partial charge on any atom is -0.491 e. The fourth-order valence-corrected chi connectivity index (χ4v) is 3.25. The molecule has 7 heteroatoms.